The van der Waals surface area contributed by atoms with Crippen LogP contribution in [0.2, 0.25) is 0 Å². The Labute approximate surface area is 146 Å². The SMILES string of the molecule is Cn1nnc(F)c1-c1cnn(C(CC2CC2)c2ccc(Br)cn2)c1. The first-order chi connectivity index (χ1) is 11.6. The minimum absolute atomic E-state index is 0.0450. The highest BCUT2D eigenvalue weighted by Gasteiger charge is 2.29. The van der Waals surface area contributed by atoms with Gasteiger partial charge in [-0.1, -0.05) is 23.2 Å². The van der Waals surface area contributed by atoms with E-state index in [1.165, 1.54) is 17.5 Å². The Morgan fingerprint density at radius 3 is 2.79 bits per heavy atom. The molecular formula is C16H16BrFN6. The number of nitrogens with zero attached hydrogens (tertiary/aromatic N) is 6. The molecule has 0 aliphatic heterocycles. The van der Waals surface area contributed by atoms with E-state index in [0.717, 1.165) is 16.6 Å². The summed E-state index contributed by atoms with van der Waals surface area (Å²) in [4.78, 5) is 4.53. The fourth-order valence-corrected chi connectivity index (χ4v) is 3.12. The van der Waals surface area contributed by atoms with E-state index in [2.05, 4.69) is 36.3 Å². The molecule has 4 rings (SSSR count). The average molecular weight is 391 g/mol. The fraction of sp³-hybridized carbons (Fsp3) is 0.375. The lowest BCUT2D eigenvalue weighted by atomic mass is 10.1. The van der Waals surface area contributed by atoms with Gasteiger partial charge < -0.3 is 0 Å². The molecule has 3 aromatic rings. The van der Waals surface area contributed by atoms with E-state index in [1.54, 1.807) is 19.4 Å². The van der Waals surface area contributed by atoms with Gasteiger partial charge in [-0.3, -0.25) is 9.67 Å². The Hall–Kier alpha value is -2.09. The maximum atomic E-state index is 13.8. The molecule has 3 aromatic heterocycles. The summed E-state index contributed by atoms with van der Waals surface area (Å²) in [7, 11) is 1.67. The standard InChI is InChI=1S/C16H16BrFN6/c1-23-15(16(18)21-22-23)11-7-20-24(9-11)14(6-10-2-3-10)13-5-4-12(17)8-19-13/h4-5,7-10,14H,2-3,6H2,1H3. The van der Waals surface area contributed by atoms with Crippen LogP contribution in [-0.2, 0) is 7.05 Å². The van der Waals surface area contributed by atoms with E-state index in [9.17, 15) is 4.39 Å². The van der Waals surface area contributed by atoms with Crippen LogP contribution in [0.25, 0.3) is 11.3 Å². The van der Waals surface area contributed by atoms with Crippen LogP contribution in [0.1, 0.15) is 31.0 Å². The molecule has 0 amide bonds. The molecule has 0 N–H and O–H groups in total. The van der Waals surface area contributed by atoms with Crippen molar-refractivity contribution >= 4 is 15.9 Å². The summed E-state index contributed by atoms with van der Waals surface area (Å²) in [5.41, 5.74) is 1.97. The molecule has 3 heterocycles. The van der Waals surface area contributed by atoms with Crippen molar-refractivity contribution in [1.82, 2.24) is 29.8 Å². The monoisotopic (exact) mass is 390 g/mol. The Kier molecular flexibility index (Phi) is 3.91. The van der Waals surface area contributed by atoms with Gasteiger partial charge in [0.05, 0.1) is 17.9 Å². The minimum Gasteiger partial charge on any atom is -0.263 e. The van der Waals surface area contributed by atoms with Crippen LogP contribution in [0, 0.1) is 11.9 Å². The second-order valence-corrected chi connectivity index (χ2v) is 7.07. The molecule has 1 atom stereocenters. The number of aryl methyl sites for hydroxylation is 1. The molecule has 1 fully saturated rings. The lowest BCUT2D eigenvalue weighted by molar-refractivity contribution is 0.454. The highest BCUT2D eigenvalue weighted by Crippen LogP contribution is 2.39. The van der Waals surface area contributed by atoms with Crippen LogP contribution >= 0.6 is 15.9 Å². The zero-order chi connectivity index (χ0) is 16.7. The van der Waals surface area contributed by atoms with E-state index in [-0.39, 0.29) is 6.04 Å². The molecule has 1 unspecified atom stereocenters. The summed E-state index contributed by atoms with van der Waals surface area (Å²) in [6.07, 6.45) is 8.79. The van der Waals surface area contributed by atoms with Gasteiger partial charge in [0.15, 0.2) is 0 Å². The maximum Gasteiger partial charge on any atom is 0.260 e. The molecule has 0 saturated heterocycles. The number of aromatic nitrogens is 6. The third kappa shape index (κ3) is 2.98. The molecule has 0 spiro atoms. The van der Waals surface area contributed by atoms with Gasteiger partial charge in [0, 0.05) is 29.5 Å². The van der Waals surface area contributed by atoms with Crippen molar-refractivity contribution in [2.24, 2.45) is 13.0 Å². The molecule has 124 valence electrons. The van der Waals surface area contributed by atoms with Crippen molar-refractivity contribution in [3.05, 3.63) is 46.8 Å². The van der Waals surface area contributed by atoms with Crippen LogP contribution in [0.3, 0.4) is 0 Å². The van der Waals surface area contributed by atoms with Crippen LogP contribution in [0.4, 0.5) is 4.39 Å². The zero-order valence-corrected chi connectivity index (χ0v) is 14.7. The van der Waals surface area contributed by atoms with E-state index in [1.807, 2.05) is 23.0 Å². The predicted molar refractivity (Wildman–Crippen MR) is 89.6 cm³/mol. The second kappa shape index (κ2) is 6.08. The first-order valence-electron chi connectivity index (χ1n) is 7.83. The number of rotatable bonds is 5. The molecule has 1 aliphatic rings. The van der Waals surface area contributed by atoms with Crippen molar-refractivity contribution in [2.45, 2.75) is 25.3 Å². The van der Waals surface area contributed by atoms with Gasteiger partial charge in [0.25, 0.3) is 5.95 Å². The topological polar surface area (TPSA) is 61.4 Å². The molecule has 6 nitrogen and oxygen atoms in total. The number of pyridine rings is 1. The molecule has 0 bridgehead atoms. The van der Waals surface area contributed by atoms with Gasteiger partial charge in [-0.05, 0) is 40.4 Å². The smallest absolute Gasteiger partial charge is 0.260 e. The van der Waals surface area contributed by atoms with E-state index < -0.39 is 5.95 Å². The Bertz CT molecular complexity index is 832. The zero-order valence-electron chi connectivity index (χ0n) is 13.1. The molecule has 1 saturated carbocycles. The Morgan fingerprint density at radius 1 is 1.33 bits per heavy atom. The summed E-state index contributed by atoms with van der Waals surface area (Å²) in [5, 5.41) is 11.6. The first-order valence-corrected chi connectivity index (χ1v) is 8.62. The van der Waals surface area contributed by atoms with Crippen LogP contribution < -0.4 is 0 Å². The predicted octanol–water partition coefficient (Wildman–Crippen LogP) is 3.36. The molecule has 0 aromatic carbocycles. The van der Waals surface area contributed by atoms with Gasteiger partial charge in [-0.25, -0.2) is 4.68 Å². The largest absolute Gasteiger partial charge is 0.263 e. The van der Waals surface area contributed by atoms with Crippen LogP contribution in [-0.4, -0.2) is 29.8 Å². The van der Waals surface area contributed by atoms with Crippen molar-refractivity contribution in [1.29, 1.82) is 0 Å². The molecule has 8 heteroatoms. The number of halogens is 2. The van der Waals surface area contributed by atoms with E-state index in [4.69, 9.17) is 0 Å². The Balaban J connectivity index is 1.69. The summed E-state index contributed by atoms with van der Waals surface area (Å²) in [5.74, 6) is 0.126. The summed E-state index contributed by atoms with van der Waals surface area (Å²) < 4.78 is 18.1. The molecular weight excluding hydrogens is 375 g/mol. The van der Waals surface area contributed by atoms with Gasteiger partial charge in [0.1, 0.15) is 5.69 Å². The summed E-state index contributed by atoms with van der Waals surface area (Å²) >= 11 is 3.42. The van der Waals surface area contributed by atoms with Crippen molar-refractivity contribution in [2.75, 3.05) is 0 Å². The van der Waals surface area contributed by atoms with Crippen molar-refractivity contribution < 1.29 is 4.39 Å². The van der Waals surface area contributed by atoms with Gasteiger partial charge in [-0.2, -0.15) is 9.49 Å². The summed E-state index contributed by atoms with van der Waals surface area (Å²) in [6, 6.07) is 4.03. The normalized spacial score (nSPS) is 15.6. The molecule has 0 radical (unpaired) electrons. The highest BCUT2D eigenvalue weighted by molar-refractivity contribution is 9.10. The van der Waals surface area contributed by atoms with Gasteiger partial charge >= 0.3 is 0 Å². The van der Waals surface area contributed by atoms with Gasteiger partial charge in [0.2, 0.25) is 0 Å². The minimum atomic E-state index is -0.586. The van der Waals surface area contributed by atoms with Crippen LogP contribution in [0.5, 0.6) is 0 Å². The number of hydrogen-bond donors (Lipinski definition) is 0. The quantitative estimate of drug-likeness (QED) is 0.669. The van der Waals surface area contributed by atoms with Crippen LogP contribution in [0.15, 0.2) is 35.2 Å². The third-order valence-electron chi connectivity index (χ3n) is 4.33. The van der Waals surface area contributed by atoms with E-state index in [0.29, 0.717) is 17.2 Å². The average Bonchev–Trinajstić information content (AvgIpc) is 3.17. The fourth-order valence-electron chi connectivity index (χ4n) is 2.89. The lowest BCUT2D eigenvalue weighted by Crippen LogP contribution is -2.13. The lowest BCUT2D eigenvalue weighted by Gasteiger charge is -2.17. The third-order valence-corrected chi connectivity index (χ3v) is 4.79. The Morgan fingerprint density at radius 2 is 2.17 bits per heavy atom. The first kappa shape index (κ1) is 15.4. The maximum absolute atomic E-state index is 13.8. The molecule has 24 heavy (non-hydrogen) atoms. The highest BCUT2D eigenvalue weighted by atomic mass is 79.9. The number of hydrogen-bond acceptors (Lipinski definition) is 4. The van der Waals surface area contributed by atoms with Gasteiger partial charge in [-0.15, -0.1) is 0 Å². The second-order valence-electron chi connectivity index (χ2n) is 6.16. The summed E-state index contributed by atoms with van der Waals surface area (Å²) in [6.45, 7) is 0. The van der Waals surface area contributed by atoms with E-state index >= 15 is 0 Å². The van der Waals surface area contributed by atoms with Crippen molar-refractivity contribution in [3.8, 4) is 11.3 Å². The van der Waals surface area contributed by atoms with Crippen molar-refractivity contribution in [3.63, 3.8) is 0 Å². The molecule has 1 aliphatic carbocycles.